The maximum absolute atomic E-state index is 12.7. The van der Waals surface area contributed by atoms with Crippen LogP contribution in [-0.4, -0.2) is 55.8 Å². The minimum atomic E-state index is -1.01. The summed E-state index contributed by atoms with van der Waals surface area (Å²) in [6.07, 6.45) is 0.399. The predicted octanol–water partition coefficient (Wildman–Crippen LogP) is 1.88. The first-order valence-electron chi connectivity index (χ1n) is 7.51. The lowest BCUT2D eigenvalue weighted by Gasteiger charge is -2.24. The number of methoxy groups -OCH3 is 2. The third-order valence-electron chi connectivity index (χ3n) is 4.43. The lowest BCUT2D eigenvalue weighted by Crippen LogP contribution is -2.40. The van der Waals surface area contributed by atoms with Crippen LogP contribution in [0, 0.1) is 19.3 Å². The second-order valence-corrected chi connectivity index (χ2v) is 6.14. The number of carbonyl (C=O) groups is 2. The first-order chi connectivity index (χ1) is 10.8. The fourth-order valence-corrected chi connectivity index (χ4v) is 3.25. The van der Waals surface area contributed by atoms with Crippen LogP contribution >= 0.6 is 0 Å². The predicted molar refractivity (Wildman–Crippen MR) is 84.9 cm³/mol. The lowest BCUT2D eigenvalue weighted by atomic mass is 9.88. The third kappa shape index (κ3) is 3.17. The van der Waals surface area contributed by atoms with Gasteiger partial charge in [0.2, 0.25) is 0 Å². The Balaban J connectivity index is 2.24. The van der Waals surface area contributed by atoms with Crippen LogP contribution in [0.25, 0.3) is 0 Å². The Morgan fingerprint density at radius 1 is 1.26 bits per heavy atom. The standard InChI is InChI=1S/C17H23NO5/c1-11-7-13(8-12(2)14(11)23-4)15(19)18-6-5-17(9-18,10-22-3)16(20)21/h7-8H,5-6,9-10H2,1-4H3,(H,20,21). The van der Waals surface area contributed by atoms with Crippen LogP contribution in [-0.2, 0) is 9.53 Å². The van der Waals surface area contributed by atoms with E-state index in [2.05, 4.69) is 0 Å². The summed E-state index contributed by atoms with van der Waals surface area (Å²) in [5.41, 5.74) is 1.31. The number of carbonyl (C=O) groups excluding carboxylic acids is 1. The molecule has 1 heterocycles. The molecule has 23 heavy (non-hydrogen) atoms. The number of hydrogen-bond acceptors (Lipinski definition) is 4. The molecule has 0 aromatic heterocycles. The largest absolute Gasteiger partial charge is 0.496 e. The van der Waals surface area contributed by atoms with Crippen LogP contribution < -0.4 is 4.74 Å². The van der Waals surface area contributed by atoms with Crippen molar-refractivity contribution in [1.29, 1.82) is 0 Å². The number of hydrogen-bond donors (Lipinski definition) is 1. The number of benzene rings is 1. The molecule has 6 heteroatoms. The van der Waals surface area contributed by atoms with Gasteiger partial charge in [0, 0.05) is 25.8 Å². The Hall–Kier alpha value is -2.08. The topological polar surface area (TPSA) is 76.1 Å². The van der Waals surface area contributed by atoms with Crippen molar-refractivity contribution < 1.29 is 24.2 Å². The number of rotatable bonds is 5. The molecule has 0 spiro atoms. The molecule has 1 atom stereocenters. The zero-order valence-electron chi connectivity index (χ0n) is 14.0. The van der Waals surface area contributed by atoms with Crippen molar-refractivity contribution in [1.82, 2.24) is 4.90 Å². The highest BCUT2D eigenvalue weighted by molar-refractivity contribution is 5.95. The molecule has 1 aromatic rings. The zero-order valence-corrected chi connectivity index (χ0v) is 14.0. The van der Waals surface area contributed by atoms with E-state index in [9.17, 15) is 14.7 Å². The van der Waals surface area contributed by atoms with E-state index in [-0.39, 0.29) is 19.1 Å². The fraction of sp³-hybridized carbons (Fsp3) is 0.529. The lowest BCUT2D eigenvalue weighted by molar-refractivity contribution is -0.151. The summed E-state index contributed by atoms with van der Waals surface area (Å²) in [7, 11) is 3.08. The summed E-state index contributed by atoms with van der Waals surface area (Å²) >= 11 is 0. The van der Waals surface area contributed by atoms with E-state index >= 15 is 0 Å². The Labute approximate surface area is 136 Å². The molecule has 126 valence electrons. The molecule has 1 aliphatic rings. The van der Waals surface area contributed by atoms with E-state index in [4.69, 9.17) is 9.47 Å². The van der Waals surface area contributed by atoms with Crippen molar-refractivity contribution in [3.63, 3.8) is 0 Å². The highest BCUT2D eigenvalue weighted by atomic mass is 16.5. The van der Waals surface area contributed by atoms with Gasteiger partial charge in [-0.15, -0.1) is 0 Å². The van der Waals surface area contributed by atoms with Crippen LogP contribution in [0.15, 0.2) is 12.1 Å². The van der Waals surface area contributed by atoms with Crippen LogP contribution in [0.2, 0.25) is 0 Å². The number of likely N-dealkylation sites (tertiary alicyclic amines) is 1. The van der Waals surface area contributed by atoms with Gasteiger partial charge in [0.1, 0.15) is 11.2 Å². The number of carboxylic acids is 1. The summed E-state index contributed by atoms with van der Waals surface area (Å²) in [4.78, 5) is 25.9. The number of aryl methyl sites for hydroxylation is 2. The first kappa shape index (κ1) is 17.3. The number of aliphatic carboxylic acids is 1. The van der Waals surface area contributed by atoms with E-state index in [1.165, 1.54) is 7.11 Å². The van der Waals surface area contributed by atoms with Gasteiger partial charge >= 0.3 is 5.97 Å². The van der Waals surface area contributed by atoms with E-state index in [0.29, 0.717) is 18.5 Å². The molecule has 6 nitrogen and oxygen atoms in total. The smallest absolute Gasteiger partial charge is 0.313 e. The molecule has 1 N–H and O–H groups in total. The summed E-state index contributed by atoms with van der Waals surface area (Å²) < 4.78 is 10.4. The average Bonchev–Trinajstić information content (AvgIpc) is 2.92. The van der Waals surface area contributed by atoms with Crippen molar-refractivity contribution in [3.05, 3.63) is 28.8 Å². The van der Waals surface area contributed by atoms with Gasteiger partial charge in [-0.2, -0.15) is 0 Å². The van der Waals surface area contributed by atoms with Crippen molar-refractivity contribution in [2.75, 3.05) is 33.9 Å². The summed E-state index contributed by atoms with van der Waals surface area (Å²) in [5.74, 6) is -0.308. The van der Waals surface area contributed by atoms with Gasteiger partial charge in [0.05, 0.1) is 13.7 Å². The van der Waals surface area contributed by atoms with E-state index in [1.807, 2.05) is 13.8 Å². The molecule has 1 unspecified atom stereocenters. The highest BCUT2D eigenvalue weighted by Gasteiger charge is 2.46. The van der Waals surface area contributed by atoms with Gasteiger partial charge in [-0.05, 0) is 43.5 Å². The third-order valence-corrected chi connectivity index (χ3v) is 4.43. The van der Waals surface area contributed by atoms with Gasteiger partial charge < -0.3 is 19.5 Å². The molecular formula is C17H23NO5. The van der Waals surface area contributed by atoms with Crippen molar-refractivity contribution in [2.24, 2.45) is 5.41 Å². The second-order valence-electron chi connectivity index (χ2n) is 6.14. The summed E-state index contributed by atoms with van der Waals surface area (Å²) in [6.45, 7) is 4.46. The van der Waals surface area contributed by atoms with Gasteiger partial charge in [-0.1, -0.05) is 0 Å². The summed E-state index contributed by atoms with van der Waals surface area (Å²) in [6, 6.07) is 3.57. The van der Waals surface area contributed by atoms with Crippen molar-refractivity contribution in [2.45, 2.75) is 20.3 Å². The van der Waals surface area contributed by atoms with Crippen molar-refractivity contribution in [3.8, 4) is 5.75 Å². The quantitative estimate of drug-likeness (QED) is 0.896. The van der Waals surface area contributed by atoms with E-state index in [0.717, 1.165) is 16.9 Å². The molecule has 0 bridgehead atoms. The highest BCUT2D eigenvalue weighted by Crippen LogP contribution is 2.33. The summed E-state index contributed by atoms with van der Waals surface area (Å²) in [5, 5.41) is 9.49. The Morgan fingerprint density at radius 3 is 2.35 bits per heavy atom. The van der Waals surface area contributed by atoms with Crippen LogP contribution in [0.1, 0.15) is 27.9 Å². The molecule has 0 aliphatic carbocycles. The van der Waals surface area contributed by atoms with Gasteiger partial charge in [0.25, 0.3) is 5.91 Å². The van der Waals surface area contributed by atoms with E-state index in [1.54, 1.807) is 24.1 Å². The molecular weight excluding hydrogens is 298 g/mol. The van der Waals surface area contributed by atoms with E-state index < -0.39 is 11.4 Å². The molecule has 1 fully saturated rings. The van der Waals surface area contributed by atoms with Gasteiger partial charge in [-0.3, -0.25) is 9.59 Å². The maximum Gasteiger partial charge on any atom is 0.313 e. The van der Waals surface area contributed by atoms with Crippen LogP contribution in [0.4, 0.5) is 0 Å². The molecule has 1 aromatic carbocycles. The zero-order chi connectivity index (χ0) is 17.2. The minimum absolute atomic E-state index is 0.104. The number of nitrogens with zero attached hydrogens (tertiary/aromatic N) is 1. The minimum Gasteiger partial charge on any atom is -0.496 e. The van der Waals surface area contributed by atoms with Gasteiger partial charge in [0.15, 0.2) is 0 Å². The average molecular weight is 321 g/mol. The molecule has 0 saturated carbocycles. The Kier molecular flexibility index (Phi) is 4.94. The number of ether oxygens (including phenoxy) is 2. The first-order valence-corrected chi connectivity index (χ1v) is 7.51. The maximum atomic E-state index is 12.7. The monoisotopic (exact) mass is 321 g/mol. The van der Waals surface area contributed by atoms with Gasteiger partial charge in [-0.25, -0.2) is 0 Å². The molecule has 0 radical (unpaired) electrons. The Morgan fingerprint density at radius 2 is 1.87 bits per heavy atom. The van der Waals surface area contributed by atoms with Crippen LogP contribution in [0.5, 0.6) is 5.75 Å². The van der Waals surface area contributed by atoms with Crippen molar-refractivity contribution >= 4 is 11.9 Å². The molecule has 1 amide bonds. The normalized spacial score (nSPS) is 20.6. The molecule has 2 rings (SSSR count). The number of carboxylic acid groups (broad SMARTS) is 1. The molecule has 1 saturated heterocycles. The molecule has 1 aliphatic heterocycles. The Bertz CT molecular complexity index is 604. The SMILES string of the molecule is COCC1(C(=O)O)CCN(C(=O)c2cc(C)c(OC)c(C)c2)C1. The number of amides is 1. The fourth-order valence-electron chi connectivity index (χ4n) is 3.25. The second kappa shape index (κ2) is 6.58. The van der Waals surface area contributed by atoms with Crippen LogP contribution in [0.3, 0.4) is 0 Å².